The van der Waals surface area contributed by atoms with Crippen molar-refractivity contribution in [1.82, 2.24) is 10.2 Å². The van der Waals surface area contributed by atoms with Crippen LogP contribution in [-0.4, -0.2) is 16.1 Å². The molecule has 1 amide bonds. The maximum Gasteiger partial charge on any atom is 0.255 e. The summed E-state index contributed by atoms with van der Waals surface area (Å²) in [5.74, 6) is 0.231. The zero-order chi connectivity index (χ0) is 15.5. The average molecular weight is 297 g/mol. The van der Waals surface area contributed by atoms with Gasteiger partial charge in [-0.15, -0.1) is 10.2 Å². The molecule has 0 saturated heterocycles. The Morgan fingerprint density at radius 1 is 1.05 bits per heavy atom. The maximum atomic E-state index is 12.8. The number of nitrogens with one attached hydrogen (secondary N) is 1. The Morgan fingerprint density at radius 2 is 1.73 bits per heavy atom. The van der Waals surface area contributed by atoms with Gasteiger partial charge in [0.15, 0.2) is 0 Å². The fourth-order valence-electron chi connectivity index (χ4n) is 1.91. The standard InChI is InChI=1S/C16H12FN3O2/c1-10-19-20-16(22-10)12-4-8-14(9-5-12)18-15(21)11-2-6-13(17)7-3-11/h2-9H,1H3,(H,18,21). The van der Waals surface area contributed by atoms with Crippen LogP contribution >= 0.6 is 0 Å². The predicted molar refractivity (Wildman–Crippen MR) is 78.8 cm³/mol. The van der Waals surface area contributed by atoms with Crippen LogP contribution in [0.15, 0.2) is 52.9 Å². The summed E-state index contributed by atoms with van der Waals surface area (Å²) in [7, 11) is 0. The highest BCUT2D eigenvalue weighted by atomic mass is 19.1. The summed E-state index contributed by atoms with van der Waals surface area (Å²) in [5, 5.41) is 10.4. The summed E-state index contributed by atoms with van der Waals surface area (Å²) in [6.07, 6.45) is 0. The van der Waals surface area contributed by atoms with Gasteiger partial charge in [0.25, 0.3) is 5.91 Å². The normalized spacial score (nSPS) is 10.5. The van der Waals surface area contributed by atoms with E-state index in [1.54, 1.807) is 31.2 Å². The quantitative estimate of drug-likeness (QED) is 0.804. The fraction of sp³-hybridized carbons (Fsp3) is 0.0625. The molecule has 0 fully saturated rings. The van der Waals surface area contributed by atoms with Gasteiger partial charge in [-0.05, 0) is 48.5 Å². The molecule has 0 atom stereocenters. The minimum absolute atomic E-state index is 0.304. The lowest BCUT2D eigenvalue weighted by molar-refractivity contribution is 0.102. The van der Waals surface area contributed by atoms with Crippen molar-refractivity contribution in [3.8, 4) is 11.5 Å². The first-order valence-corrected chi connectivity index (χ1v) is 6.59. The van der Waals surface area contributed by atoms with E-state index in [0.29, 0.717) is 23.0 Å². The van der Waals surface area contributed by atoms with Crippen molar-refractivity contribution in [2.24, 2.45) is 0 Å². The van der Waals surface area contributed by atoms with Crippen molar-refractivity contribution < 1.29 is 13.6 Å². The van der Waals surface area contributed by atoms with Gasteiger partial charge in [0.2, 0.25) is 11.8 Å². The Kier molecular flexibility index (Phi) is 3.65. The number of carbonyl (C=O) groups excluding carboxylic acids is 1. The third-order valence-corrected chi connectivity index (χ3v) is 3.02. The topological polar surface area (TPSA) is 68.0 Å². The lowest BCUT2D eigenvalue weighted by atomic mass is 10.2. The Hall–Kier alpha value is -3.02. The van der Waals surface area contributed by atoms with Gasteiger partial charge >= 0.3 is 0 Å². The molecule has 0 unspecified atom stereocenters. The molecule has 5 nitrogen and oxygen atoms in total. The van der Waals surface area contributed by atoms with Gasteiger partial charge in [-0.2, -0.15) is 0 Å². The van der Waals surface area contributed by atoms with Crippen LogP contribution in [0.1, 0.15) is 16.2 Å². The van der Waals surface area contributed by atoms with Gasteiger partial charge < -0.3 is 9.73 Å². The summed E-state index contributed by atoms with van der Waals surface area (Å²) in [6, 6.07) is 12.4. The van der Waals surface area contributed by atoms with Crippen molar-refractivity contribution >= 4 is 11.6 Å². The smallest absolute Gasteiger partial charge is 0.255 e. The van der Waals surface area contributed by atoms with E-state index in [2.05, 4.69) is 15.5 Å². The van der Waals surface area contributed by atoms with Crippen LogP contribution in [0.5, 0.6) is 0 Å². The summed E-state index contributed by atoms with van der Waals surface area (Å²) in [5.41, 5.74) is 1.77. The number of hydrogen-bond donors (Lipinski definition) is 1. The van der Waals surface area contributed by atoms with Gasteiger partial charge in [0, 0.05) is 23.7 Å². The molecule has 1 heterocycles. The van der Waals surface area contributed by atoms with Gasteiger partial charge in [-0.3, -0.25) is 4.79 Å². The molecule has 3 aromatic rings. The van der Waals surface area contributed by atoms with Crippen molar-refractivity contribution in [1.29, 1.82) is 0 Å². The summed E-state index contributed by atoms with van der Waals surface area (Å²) >= 11 is 0. The number of aromatic nitrogens is 2. The lowest BCUT2D eigenvalue weighted by Gasteiger charge is -2.05. The zero-order valence-electron chi connectivity index (χ0n) is 11.7. The van der Waals surface area contributed by atoms with E-state index in [1.807, 2.05) is 0 Å². The van der Waals surface area contributed by atoms with E-state index in [0.717, 1.165) is 5.56 Å². The van der Waals surface area contributed by atoms with E-state index in [-0.39, 0.29) is 11.7 Å². The monoisotopic (exact) mass is 297 g/mol. The van der Waals surface area contributed by atoms with Crippen LogP contribution in [0.2, 0.25) is 0 Å². The molecule has 3 rings (SSSR count). The molecule has 0 spiro atoms. The largest absolute Gasteiger partial charge is 0.421 e. The number of benzene rings is 2. The van der Waals surface area contributed by atoms with Gasteiger partial charge in [0.05, 0.1) is 0 Å². The summed E-state index contributed by atoms with van der Waals surface area (Å²) in [4.78, 5) is 12.0. The van der Waals surface area contributed by atoms with Crippen molar-refractivity contribution in [2.45, 2.75) is 6.92 Å². The zero-order valence-corrected chi connectivity index (χ0v) is 11.7. The predicted octanol–water partition coefficient (Wildman–Crippen LogP) is 3.44. The lowest BCUT2D eigenvalue weighted by Crippen LogP contribution is -2.11. The number of nitrogens with zero attached hydrogens (tertiary/aromatic N) is 2. The first kappa shape index (κ1) is 13.9. The molecule has 0 radical (unpaired) electrons. The molecule has 110 valence electrons. The molecule has 1 N–H and O–H groups in total. The molecular formula is C16H12FN3O2. The van der Waals surface area contributed by atoms with Crippen LogP contribution in [0.25, 0.3) is 11.5 Å². The molecule has 0 aliphatic carbocycles. The highest BCUT2D eigenvalue weighted by molar-refractivity contribution is 6.04. The minimum Gasteiger partial charge on any atom is -0.421 e. The second kappa shape index (κ2) is 5.77. The first-order valence-electron chi connectivity index (χ1n) is 6.59. The van der Waals surface area contributed by atoms with E-state index >= 15 is 0 Å². The molecule has 0 bridgehead atoms. The Morgan fingerprint density at radius 3 is 2.32 bits per heavy atom. The van der Waals surface area contributed by atoms with Crippen molar-refractivity contribution in [3.05, 3.63) is 65.8 Å². The Balaban J connectivity index is 1.73. The molecular weight excluding hydrogens is 285 g/mol. The van der Waals surface area contributed by atoms with Crippen LogP contribution in [0.3, 0.4) is 0 Å². The Labute approximate surface area is 125 Å². The molecule has 6 heteroatoms. The number of amides is 1. The molecule has 22 heavy (non-hydrogen) atoms. The number of anilines is 1. The maximum absolute atomic E-state index is 12.8. The molecule has 1 aromatic heterocycles. The van der Waals surface area contributed by atoms with E-state index in [4.69, 9.17) is 4.42 Å². The van der Waals surface area contributed by atoms with E-state index in [9.17, 15) is 9.18 Å². The van der Waals surface area contributed by atoms with Crippen molar-refractivity contribution in [3.63, 3.8) is 0 Å². The molecule has 0 saturated carbocycles. The number of aryl methyl sites for hydroxylation is 1. The van der Waals surface area contributed by atoms with Gasteiger partial charge in [-0.1, -0.05) is 0 Å². The number of hydrogen-bond acceptors (Lipinski definition) is 4. The van der Waals surface area contributed by atoms with Crippen molar-refractivity contribution in [2.75, 3.05) is 5.32 Å². The molecule has 0 aliphatic rings. The molecule has 2 aromatic carbocycles. The third kappa shape index (κ3) is 3.01. The van der Waals surface area contributed by atoms with E-state index < -0.39 is 0 Å². The highest BCUT2D eigenvalue weighted by Crippen LogP contribution is 2.20. The Bertz CT molecular complexity index is 795. The van der Waals surface area contributed by atoms with Crippen LogP contribution in [-0.2, 0) is 0 Å². The van der Waals surface area contributed by atoms with E-state index in [1.165, 1.54) is 24.3 Å². The third-order valence-electron chi connectivity index (χ3n) is 3.02. The minimum atomic E-state index is -0.379. The summed E-state index contributed by atoms with van der Waals surface area (Å²) < 4.78 is 18.2. The van der Waals surface area contributed by atoms with Gasteiger partial charge in [-0.25, -0.2) is 4.39 Å². The van der Waals surface area contributed by atoms with Crippen LogP contribution in [0, 0.1) is 12.7 Å². The van der Waals surface area contributed by atoms with Gasteiger partial charge in [0.1, 0.15) is 5.82 Å². The number of rotatable bonds is 3. The number of halogens is 1. The second-order valence-corrected chi connectivity index (χ2v) is 4.66. The average Bonchev–Trinajstić information content (AvgIpc) is 2.95. The SMILES string of the molecule is Cc1nnc(-c2ccc(NC(=O)c3ccc(F)cc3)cc2)o1. The fourth-order valence-corrected chi connectivity index (χ4v) is 1.91. The second-order valence-electron chi connectivity index (χ2n) is 4.66. The first-order chi connectivity index (χ1) is 10.6. The summed E-state index contributed by atoms with van der Waals surface area (Å²) in [6.45, 7) is 1.72. The number of carbonyl (C=O) groups is 1. The highest BCUT2D eigenvalue weighted by Gasteiger charge is 2.08. The van der Waals surface area contributed by atoms with Crippen LogP contribution < -0.4 is 5.32 Å². The van der Waals surface area contributed by atoms with Crippen LogP contribution in [0.4, 0.5) is 10.1 Å². The molecule has 0 aliphatic heterocycles.